The molecule has 3 heteroatoms. The molecule has 0 aliphatic carbocycles. The van der Waals surface area contributed by atoms with Gasteiger partial charge in [0.15, 0.2) is 0 Å². The Balaban J connectivity index is 2.49. The van der Waals surface area contributed by atoms with Gasteiger partial charge < -0.3 is 10.0 Å². The van der Waals surface area contributed by atoms with Crippen molar-refractivity contribution in [1.82, 2.24) is 4.90 Å². The van der Waals surface area contributed by atoms with Crippen molar-refractivity contribution in [1.29, 1.82) is 0 Å². The third kappa shape index (κ3) is 3.98. The van der Waals surface area contributed by atoms with Gasteiger partial charge in [-0.15, -0.1) is 0 Å². The molecule has 0 saturated carbocycles. The third-order valence-electron chi connectivity index (χ3n) is 4.18. The molecule has 17 heavy (non-hydrogen) atoms. The van der Waals surface area contributed by atoms with E-state index in [2.05, 4.69) is 18.7 Å². The van der Waals surface area contributed by atoms with E-state index in [9.17, 15) is 9.90 Å². The molecule has 1 atom stereocenters. The van der Waals surface area contributed by atoms with Crippen molar-refractivity contribution in [3.8, 4) is 0 Å². The van der Waals surface area contributed by atoms with Crippen molar-refractivity contribution in [2.24, 2.45) is 11.3 Å². The summed E-state index contributed by atoms with van der Waals surface area (Å²) in [6, 6.07) is 0. The Bertz CT molecular complexity index is 247. The van der Waals surface area contributed by atoms with E-state index in [1.54, 1.807) is 0 Å². The van der Waals surface area contributed by atoms with Crippen molar-refractivity contribution in [2.45, 2.75) is 52.9 Å². The molecule has 1 rings (SSSR count). The average molecular weight is 241 g/mol. The number of carboxylic acid groups (broad SMARTS) is 1. The average Bonchev–Trinajstić information content (AvgIpc) is 2.30. The summed E-state index contributed by atoms with van der Waals surface area (Å²) in [4.78, 5) is 13.7. The molecule has 0 aromatic heterocycles. The zero-order valence-corrected chi connectivity index (χ0v) is 11.5. The van der Waals surface area contributed by atoms with E-state index < -0.39 is 11.4 Å². The molecule has 1 aliphatic rings. The number of carboxylic acids is 1. The predicted molar refractivity (Wildman–Crippen MR) is 70.1 cm³/mol. The zero-order chi connectivity index (χ0) is 12.9. The summed E-state index contributed by atoms with van der Waals surface area (Å²) in [5, 5.41) is 9.37. The molecule has 1 N–H and O–H groups in total. The lowest BCUT2D eigenvalue weighted by Gasteiger charge is -2.36. The Morgan fingerprint density at radius 3 is 2.35 bits per heavy atom. The highest BCUT2D eigenvalue weighted by atomic mass is 16.4. The largest absolute Gasteiger partial charge is 0.481 e. The van der Waals surface area contributed by atoms with Crippen molar-refractivity contribution in [2.75, 3.05) is 19.6 Å². The number of piperidine rings is 1. The summed E-state index contributed by atoms with van der Waals surface area (Å²) in [5.41, 5.74) is -0.562. The van der Waals surface area contributed by atoms with Crippen LogP contribution in [0.5, 0.6) is 0 Å². The number of carbonyl (C=O) groups is 1. The van der Waals surface area contributed by atoms with E-state index in [1.165, 1.54) is 19.3 Å². The van der Waals surface area contributed by atoms with Crippen LogP contribution in [-0.2, 0) is 4.79 Å². The molecule has 1 saturated heterocycles. The van der Waals surface area contributed by atoms with Gasteiger partial charge in [0.2, 0.25) is 0 Å². The van der Waals surface area contributed by atoms with Gasteiger partial charge in [-0.1, -0.05) is 26.7 Å². The van der Waals surface area contributed by atoms with Crippen molar-refractivity contribution >= 4 is 5.97 Å². The topological polar surface area (TPSA) is 40.5 Å². The minimum Gasteiger partial charge on any atom is -0.481 e. The van der Waals surface area contributed by atoms with Crippen molar-refractivity contribution in [3.05, 3.63) is 0 Å². The van der Waals surface area contributed by atoms with Crippen molar-refractivity contribution < 1.29 is 9.90 Å². The quantitative estimate of drug-likeness (QED) is 0.777. The minimum absolute atomic E-state index is 0.562. The highest BCUT2D eigenvalue weighted by molar-refractivity contribution is 5.74. The van der Waals surface area contributed by atoms with E-state index in [0.29, 0.717) is 6.54 Å². The van der Waals surface area contributed by atoms with Gasteiger partial charge in [0, 0.05) is 6.54 Å². The Hall–Kier alpha value is -0.570. The maximum Gasteiger partial charge on any atom is 0.310 e. The highest BCUT2D eigenvalue weighted by Crippen LogP contribution is 2.28. The van der Waals surface area contributed by atoms with Crippen LogP contribution in [0.4, 0.5) is 0 Å². The molecule has 100 valence electrons. The summed E-state index contributed by atoms with van der Waals surface area (Å²) in [5.74, 6) is 0.213. The molecule has 0 aromatic rings. The summed E-state index contributed by atoms with van der Waals surface area (Å²) < 4.78 is 0. The Morgan fingerprint density at radius 2 is 1.94 bits per heavy atom. The van der Waals surface area contributed by atoms with Crippen LogP contribution in [0.25, 0.3) is 0 Å². The molecule has 0 aromatic carbocycles. The van der Waals surface area contributed by atoms with E-state index >= 15 is 0 Å². The number of rotatable bonds is 6. The minimum atomic E-state index is -0.642. The molecule has 3 nitrogen and oxygen atoms in total. The predicted octanol–water partition coefficient (Wildman–Crippen LogP) is 3.00. The Morgan fingerprint density at radius 1 is 1.35 bits per heavy atom. The fourth-order valence-electron chi connectivity index (χ4n) is 2.85. The zero-order valence-electron chi connectivity index (χ0n) is 11.5. The standard InChI is InChI=1S/C14H27NO2/c1-4-8-14(3,13(16)17)11-15-9-6-12(5-2)7-10-15/h12H,4-11H2,1-3H3,(H,16,17). The summed E-state index contributed by atoms with van der Waals surface area (Å²) in [6.45, 7) is 9.07. The summed E-state index contributed by atoms with van der Waals surface area (Å²) >= 11 is 0. The maximum atomic E-state index is 11.4. The van der Waals surface area contributed by atoms with Gasteiger partial charge in [-0.25, -0.2) is 0 Å². The van der Waals surface area contributed by atoms with Gasteiger partial charge in [0.05, 0.1) is 5.41 Å². The van der Waals surface area contributed by atoms with Gasteiger partial charge in [-0.2, -0.15) is 0 Å². The third-order valence-corrected chi connectivity index (χ3v) is 4.18. The molecule has 1 aliphatic heterocycles. The van der Waals surface area contributed by atoms with E-state index in [4.69, 9.17) is 0 Å². The number of nitrogens with zero attached hydrogens (tertiary/aromatic N) is 1. The fraction of sp³-hybridized carbons (Fsp3) is 0.929. The van der Waals surface area contributed by atoms with Crippen LogP contribution in [0.1, 0.15) is 52.9 Å². The lowest BCUT2D eigenvalue weighted by molar-refractivity contribution is -0.149. The monoisotopic (exact) mass is 241 g/mol. The van der Waals surface area contributed by atoms with Crippen LogP contribution in [-0.4, -0.2) is 35.6 Å². The SMILES string of the molecule is CCCC(C)(CN1CCC(CC)CC1)C(=O)O. The number of hydrogen-bond acceptors (Lipinski definition) is 2. The second-order valence-electron chi connectivity index (χ2n) is 5.74. The molecule has 1 unspecified atom stereocenters. The molecule has 0 radical (unpaired) electrons. The molecule has 0 amide bonds. The Kier molecular flexibility index (Phi) is 5.44. The lowest BCUT2D eigenvalue weighted by Crippen LogP contribution is -2.44. The first-order chi connectivity index (χ1) is 8.01. The fourth-order valence-corrected chi connectivity index (χ4v) is 2.85. The molecule has 1 fully saturated rings. The van der Waals surface area contributed by atoms with Crippen LogP contribution in [0.15, 0.2) is 0 Å². The first-order valence-electron chi connectivity index (χ1n) is 6.97. The van der Waals surface area contributed by atoms with Gasteiger partial charge >= 0.3 is 5.97 Å². The molecule has 1 heterocycles. The second kappa shape index (κ2) is 6.39. The van der Waals surface area contributed by atoms with Crippen LogP contribution < -0.4 is 0 Å². The van der Waals surface area contributed by atoms with E-state index in [-0.39, 0.29) is 0 Å². The summed E-state index contributed by atoms with van der Waals surface area (Å²) in [7, 11) is 0. The van der Waals surface area contributed by atoms with Crippen LogP contribution in [0, 0.1) is 11.3 Å². The van der Waals surface area contributed by atoms with Crippen LogP contribution >= 0.6 is 0 Å². The van der Waals surface area contributed by atoms with E-state index in [1.807, 2.05) is 6.92 Å². The molecule has 0 spiro atoms. The highest BCUT2D eigenvalue weighted by Gasteiger charge is 2.35. The van der Waals surface area contributed by atoms with Crippen LogP contribution in [0.2, 0.25) is 0 Å². The normalized spacial score (nSPS) is 22.3. The lowest BCUT2D eigenvalue weighted by atomic mass is 9.84. The number of aliphatic carboxylic acids is 1. The Labute approximate surface area is 105 Å². The maximum absolute atomic E-state index is 11.4. The smallest absolute Gasteiger partial charge is 0.310 e. The van der Waals surface area contributed by atoms with Gasteiger partial charge in [-0.3, -0.25) is 4.79 Å². The van der Waals surface area contributed by atoms with Crippen molar-refractivity contribution in [3.63, 3.8) is 0 Å². The van der Waals surface area contributed by atoms with Gasteiger partial charge in [0.1, 0.15) is 0 Å². The second-order valence-corrected chi connectivity index (χ2v) is 5.74. The molecular formula is C14H27NO2. The van der Waals surface area contributed by atoms with E-state index in [0.717, 1.165) is 31.8 Å². The molecule has 0 bridgehead atoms. The van der Waals surface area contributed by atoms with Gasteiger partial charge in [-0.05, 0) is 45.2 Å². The number of hydrogen-bond donors (Lipinski definition) is 1. The number of likely N-dealkylation sites (tertiary alicyclic amines) is 1. The molecular weight excluding hydrogens is 214 g/mol. The first kappa shape index (κ1) is 14.5. The summed E-state index contributed by atoms with van der Waals surface area (Å²) in [6.07, 6.45) is 5.44. The van der Waals surface area contributed by atoms with Gasteiger partial charge in [0.25, 0.3) is 0 Å². The first-order valence-corrected chi connectivity index (χ1v) is 6.97. The van der Waals surface area contributed by atoms with Crippen LogP contribution in [0.3, 0.4) is 0 Å².